The second-order valence-electron chi connectivity index (χ2n) is 5.58. The molecule has 0 amide bonds. The molecule has 2 atom stereocenters. The Morgan fingerprint density at radius 2 is 1.68 bits per heavy atom. The molecule has 4 heteroatoms. The van der Waals surface area contributed by atoms with Crippen LogP contribution in [-0.4, -0.2) is 42.4 Å². The predicted octanol–water partition coefficient (Wildman–Crippen LogP) is 2.32. The monoisotopic (exact) mass is 299 g/mol. The van der Waals surface area contributed by atoms with Gasteiger partial charge < -0.3 is 14.6 Å². The SMILES string of the molecule is COc1ccc(OC2CN(Cc3ccccc3)CC2O)cc1. The molecule has 1 aliphatic heterocycles. The Kier molecular flexibility index (Phi) is 4.61. The van der Waals surface area contributed by atoms with E-state index < -0.39 is 6.10 Å². The molecule has 2 aromatic rings. The van der Waals surface area contributed by atoms with Gasteiger partial charge in [-0.25, -0.2) is 0 Å². The second-order valence-corrected chi connectivity index (χ2v) is 5.58. The minimum atomic E-state index is -0.467. The van der Waals surface area contributed by atoms with Gasteiger partial charge in [-0.05, 0) is 29.8 Å². The van der Waals surface area contributed by atoms with Gasteiger partial charge in [-0.15, -0.1) is 0 Å². The van der Waals surface area contributed by atoms with E-state index in [0.29, 0.717) is 6.54 Å². The van der Waals surface area contributed by atoms with Gasteiger partial charge in [0.15, 0.2) is 0 Å². The molecule has 0 spiro atoms. The minimum Gasteiger partial charge on any atom is -0.497 e. The number of nitrogens with zero attached hydrogens (tertiary/aromatic N) is 1. The summed E-state index contributed by atoms with van der Waals surface area (Å²) in [6, 6.07) is 17.7. The van der Waals surface area contributed by atoms with Crippen LogP contribution in [-0.2, 0) is 6.54 Å². The first-order valence-corrected chi connectivity index (χ1v) is 7.49. The molecule has 116 valence electrons. The summed E-state index contributed by atoms with van der Waals surface area (Å²) < 4.78 is 11.0. The number of methoxy groups -OCH3 is 1. The van der Waals surface area contributed by atoms with Gasteiger partial charge in [0.05, 0.1) is 7.11 Å². The number of hydrogen-bond acceptors (Lipinski definition) is 4. The van der Waals surface area contributed by atoms with E-state index in [0.717, 1.165) is 24.6 Å². The zero-order valence-corrected chi connectivity index (χ0v) is 12.7. The predicted molar refractivity (Wildman–Crippen MR) is 85.1 cm³/mol. The first-order valence-electron chi connectivity index (χ1n) is 7.49. The van der Waals surface area contributed by atoms with Crippen molar-refractivity contribution in [2.75, 3.05) is 20.2 Å². The van der Waals surface area contributed by atoms with E-state index >= 15 is 0 Å². The van der Waals surface area contributed by atoms with Gasteiger partial charge in [-0.3, -0.25) is 4.90 Å². The number of likely N-dealkylation sites (tertiary alicyclic amines) is 1. The van der Waals surface area contributed by atoms with E-state index in [9.17, 15) is 5.11 Å². The van der Waals surface area contributed by atoms with Crippen molar-refractivity contribution < 1.29 is 14.6 Å². The average molecular weight is 299 g/mol. The van der Waals surface area contributed by atoms with E-state index in [2.05, 4.69) is 17.0 Å². The minimum absolute atomic E-state index is 0.197. The molecule has 2 aromatic carbocycles. The molecular weight excluding hydrogens is 278 g/mol. The quantitative estimate of drug-likeness (QED) is 0.920. The summed E-state index contributed by atoms with van der Waals surface area (Å²) in [7, 11) is 1.64. The molecule has 0 bridgehead atoms. The third-order valence-corrected chi connectivity index (χ3v) is 3.91. The van der Waals surface area contributed by atoms with E-state index in [4.69, 9.17) is 9.47 Å². The summed E-state index contributed by atoms with van der Waals surface area (Å²) in [6.45, 7) is 2.19. The number of hydrogen-bond donors (Lipinski definition) is 1. The summed E-state index contributed by atoms with van der Waals surface area (Å²) in [6.07, 6.45) is -0.664. The lowest BCUT2D eigenvalue weighted by Gasteiger charge is -2.17. The Bertz CT molecular complexity index is 585. The average Bonchev–Trinajstić information content (AvgIpc) is 2.88. The smallest absolute Gasteiger partial charge is 0.138 e. The molecule has 1 saturated heterocycles. The van der Waals surface area contributed by atoms with Crippen LogP contribution in [0.25, 0.3) is 0 Å². The van der Waals surface area contributed by atoms with Gasteiger partial charge in [-0.2, -0.15) is 0 Å². The molecular formula is C18H21NO3. The van der Waals surface area contributed by atoms with Crippen LogP contribution >= 0.6 is 0 Å². The molecule has 0 aromatic heterocycles. The van der Waals surface area contributed by atoms with Crippen LogP contribution in [0.5, 0.6) is 11.5 Å². The molecule has 3 rings (SSSR count). The van der Waals surface area contributed by atoms with Crippen LogP contribution in [0.2, 0.25) is 0 Å². The molecule has 0 saturated carbocycles. The van der Waals surface area contributed by atoms with Crippen molar-refractivity contribution >= 4 is 0 Å². The van der Waals surface area contributed by atoms with Crippen LogP contribution in [0.3, 0.4) is 0 Å². The van der Waals surface area contributed by atoms with E-state index in [1.807, 2.05) is 42.5 Å². The van der Waals surface area contributed by atoms with Crippen molar-refractivity contribution in [2.45, 2.75) is 18.8 Å². The van der Waals surface area contributed by atoms with Gasteiger partial charge in [0.25, 0.3) is 0 Å². The van der Waals surface area contributed by atoms with Crippen molar-refractivity contribution in [2.24, 2.45) is 0 Å². The fraction of sp³-hybridized carbons (Fsp3) is 0.333. The highest BCUT2D eigenvalue weighted by molar-refractivity contribution is 5.31. The Morgan fingerprint density at radius 1 is 1.00 bits per heavy atom. The Morgan fingerprint density at radius 3 is 2.36 bits per heavy atom. The van der Waals surface area contributed by atoms with Gasteiger partial charge in [0, 0.05) is 19.6 Å². The number of benzene rings is 2. The van der Waals surface area contributed by atoms with Crippen molar-refractivity contribution in [1.82, 2.24) is 4.90 Å². The molecule has 22 heavy (non-hydrogen) atoms. The Labute approximate surface area is 130 Å². The van der Waals surface area contributed by atoms with Crippen LogP contribution in [0.15, 0.2) is 54.6 Å². The Hall–Kier alpha value is -2.04. The molecule has 0 radical (unpaired) electrons. The standard InChI is InChI=1S/C18H21NO3/c1-21-15-7-9-16(10-8-15)22-18-13-19(12-17(18)20)11-14-5-3-2-4-6-14/h2-10,17-18,20H,11-13H2,1H3. The maximum Gasteiger partial charge on any atom is 0.138 e. The molecule has 1 fully saturated rings. The summed E-state index contributed by atoms with van der Waals surface area (Å²) in [4.78, 5) is 2.22. The topological polar surface area (TPSA) is 41.9 Å². The van der Waals surface area contributed by atoms with Crippen molar-refractivity contribution in [3.63, 3.8) is 0 Å². The summed E-state index contributed by atoms with van der Waals surface area (Å²) in [5, 5.41) is 10.2. The molecule has 1 N–H and O–H groups in total. The maximum absolute atomic E-state index is 10.2. The van der Waals surface area contributed by atoms with Crippen LogP contribution in [0, 0.1) is 0 Å². The number of rotatable bonds is 5. The number of aliphatic hydroxyl groups excluding tert-OH is 1. The van der Waals surface area contributed by atoms with Gasteiger partial charge in [-0.1, -0.05) is 30.3 Å². The van der Waals surface area contributed by atoms with E-state index in [-0.39, 0.29) is 6.10 Å². The van der Waals surface area contributed by atoms with Gasteiger partial charge in [0.1, 0.15) is 23.7 Å². The summed E-state index contributed by atoms with van der Waals surface area (Å²) in [5.41, 5.74) is 1.25. The first-order chi connectivity index (χ1) is 10.7. The highest BCUT2D eigenvalue weighted by Gasteiger charge is 2.32. The molecule has 2 unspecified atom stereocenters. The number of ether oxygens (including phenoxy) is 2. The Balaban J connectivity index is 1.58. The fourth-order valence-corrected chi connectivity index (χ4v) is 2.75. The van der Waals surface area contributed by atoms with Crippen LogP contribution in [0.4, 0.5) is 0 Å². The molecule has 4 nitrogen and oxygen atoms in total. The van der Waals surface area contributed by atoms with Crippen LogP contribution in [0.1, 0.15) is 5.56 Å². The maximum atomic E-state index is 10.2. The number of β-amino-alcohol motifs (C(OH)–C–C–N with tert-alkyl or cyclic N) is 1. The second kappa shape index (κ2) is 6.81. The van der Waals surface area contributed by atoms with E-state index in [1.54, 1.807) is 7.11 Å². The van der Waals surface area contributed by atoms with Crippen molar-refractivity contribution in [3.05, 3.63) is 60.2 Å². The fourth-order valence-electron chi connectivity index (χ4n) is 2.75. The molecule has 1 aliphatic rings. The van der Waals surface area contributed by atoms with Crippen molar-refractivity contribution in [1.29, 1.82) is 0 Å². The van der Waals surface area contributed by atoms with Crippen molar-refractivity contribution in [3.8, 4) is 11.5 Å². The molecule has 0 aliphatic carbocycles. The number of aliphatic hydroxyl groups is 1. The third-order valence-electron chi connectivity index (χ3n) is 3.91. The lowest BCUT2D eigenvalue weighted by Crippen LogP contribution is -2.29. The summed E-state index contributed by atoms with van der Waals surface area (Å²) >= 11 is 0. The zero-order valence-electron chi connectivity index (χ0n) is 12.7. The summed E-state index contributed by atoms with van der Waals surface area (Å²) in [5.74, 6) is 1.55. The highest BCUT2D eigenvalue weighted by atomic mass is 16.5. The largest absolute Gasteiger partial charge is 0.497 e. The molecule has 1 heterocycles. The highest BCUT2D eigenvalue weighted by Crippen LogP contribution is 2.22. The lowest BCUT2D eigenvalue weighted by atomic mass is 10.2. The first kappa shape index (κ1) is 14.9. The zero-order chi connectivity index (χ0) is 15.4. The third kappa shape index (κ3) is 3.59. The van der Waals surface area contributed by atoms with E-state index in [1.165, 1.54) is 5.56 Å². The normalized spacial score (nSPS) is 21.7. The lowest BCUT2D eigenvalue weighted by molar-refractivity contribution is 0.0736. The van der Waals surface area contributed by atoms with Crippen LogP contribution < -0.4 is 9.47 Å². The van der Waals surface area contributed by atoms with Gasteiger partial charge >= 0.3 is 0 Å². The van der Waals surface area contributed by atoms with Gasteiger partial charge in [0.2, 0.25) is 0 Å².